The first-order valence-electron chi connectivity index (χ1n) is 4.59. The molecule has 1 aromatic rings. The number of nitrogens with zero attached hydrogens (tertiary/aromatic N) is 1. The molecule has 98 valence electrons. The van der Waals surface area contributed by atoms with Crippen molar-refractivity contribution in [2.45, 2.75) is 12.8 Å². The number of carboxylic acid groups (broad SMARTS) is 2. The van der Waals surface area contributed by atoms with E-state index in [0.29, 0.717) is 6.54 Å². The van der Waals surface area contributed by atoms with Crippen molar-refractivity contribution in [1.82, 2.24) is 4.98 Å². The summed E-state index contributed by atoms with van der Waals surface area (Å²) in [5.74, 6) is -2.62. The fourth-order valence-electron chi connectivity index (χ4n) is 0.823. The van der Waals surface area contributed by atoms with Crippen LogP contribution < -0.4 is 5.73 Å². The minimum atomic E-state index is -1.31. The number of hydrogen-bond acceptors (Lipinski definition) is 4. The van der Waals surface area contributed by atoms with E-state index in [0.717, 1.165) is 12.1 Å². The Labute approximate surface area is 113 Å². The third kappa shape index (κ3) is 12.7. The Morgan fingerprint density at radius 1 is 1.24 bits per heavy atom. The predicted octanol–water partition coefficient (Wildman–Crippen LogP) is 0.126. The minimum Gasteiger partial charge on any atom is -0.481 e. The van der Waals surface area contributed by atoms with E-state index in [4.69, 9.17) is 15.9 Å². The van der Waals surface area contributed by atoms with Gasteiger partial charge in [-0.3, -0.25) is 14.6 Å². The van der Waals surface area contributed by atoms with Gasteiger partial charge < -0.3 is 15.9 Å². The van der Waals surface area contributed by atoms with Crippen LogP contribution in [-0.4, -0.2) is 33.7 Å². The third-order valence-corrected chi connectivity index (χ3v) is 1.43. The zero-order valence-electron chi connectivity index (χ0n) is 8.98. The standard InChI is InChI=1S/C7H10N2.C3H4O4.Pt/c8-5-4-7-3-1-2-6-9-7;4-2(5)1-3(6)7;/h1-3,6H,4-5,8H2;1H2,(H,4,5)(H,6,7);. The first-order chi connectivity index (χ1) is 7.56. The minimum absolute atomic E-state index is 0. The topological polar surface area (TPSA) is 114 Å². The molecule has 0 unspecified atom stereocenters. The number of carbonyl (C=O) groups is 2. The number of carboxylic acids is 2. The van der Waals surface area contributed by atoms with Crippen LogP contribution in [0.5, 0.6) is 0 Å². The molecule has 0 aliphatic rings. The van der Waals surface area contributed by atoms with Gasteiger partial charge in [0.2, 0.25) is 0 Å². The summed E-state index contributed by atoms with van der Waals surface area (Å²) in [7, 11) is 0. The molecule has 4 N–H and O–H groups in total. The monoisotopic (exact) mass is 421 g/mol. The Morgan fingerprint density at radius 3 is 2.12 bits per heavy atom. The second kappa shape index (κ2) is 11.2. The molecule has 0 saturated carbocycles. The van der Waals surface area contributed by atoms with Gasteiger partial charge in [0.1, 0.15) is 6.42 Å². The maximum atomic E-state index is 9.43. The van der Waals surface area contributed by atoms with Gasteiger partial charge in [-0.25, -0.2) is 0 Å². The van der Waals surface area contributed by atoms with Gasteiger partial charge in [-0.15, -0.1) is 0 Å². The van der Waals surface area contributed by atoms with Crippen molar-refractivity contribution in [3.05, 3.63) is 30.1 Å². The van der Waals surface area contributed by atoms with Gasteiger partial charge >= 0.3 is 11.9 Å². The van der Waals surface area contributed by atoms with Crippen molar-refractivity contribution in [3.8, 4) is 0 Å². The zero-order valence-corrected chi connectivity index (χ0v) is 11.3. The van der Waals surface area contributed by atoms with Gasteiger partial charge in [0.15, 0.2) is 0 Å². The Balaban J connectivity index is 0. The van der Waals surface area contributed by atoms with Gasteiger partial charge in [-0.05, 0) is 18.7 Å². The molecule has 17 heavy (non-hydrogen) atoms. The van der Waals surface area contributed by atoms with Crippen molar-refractivity contribution in [3.63, 3.8) is 0 Å². The molecule has 0 amide bonds. The van der Waals surface area contributed by atoms with Crippen LogP contribution in [0.2, 0.25) is 0 Å². The third-order valence-electron chi connectivity index (χ3n) is 1.43. The van der Waals surface area contributed by atoms with E-state index < -0.39 is 18.4 Å². The summed E-state index contributed by atoms with van der Waals surface area (Å²) in [5.41, 5.74) is 6.39. The van der Waals surface area contributed by atoms with Crippen molar-refractivity contribution in [1.29, 1.82) is 0 Å². The summed E-state index contributed by atoms with van der Waals surface area (Å²) in [5, 5.41) is 15.4. The van der Waals surface area contributed by atoms with Crippen LogP contribution in [0.15, 0.2) is 24.4 Å². The van der Waals surface area contributed by atoms with E-state index in [1.54, 1.807) is 6.20 Å². The van der Waals surface area contributed by atoms with Crippen LogP contribution in [0, 0.1) is 0 Å². The summed E-state index contributed by atoms with van der Waals surface area (Å²) >= 11 is 0. The fraction of sp³-hybridized carbons (Fsp3) is 0.300. The van der Waals surface area contributed by atoms with E-state index in [1.165, 1.54) is 0 Å². The van der Waals surface area contributed by atoms with Crippen LogP contribution in [0.4, 0.5) is 0 Å². The Kier molecular flexibility index (Phi) is 12.0. The molecule has 0 saturated heterocycles. The zero-order chi connectivity index (χ0) is 12.4. The molecule has 0 fully saturated rings. The van der Waals surface area contributed by atoms with E-state index in [2.05, 4.69) is 4.98 Å². The second-order valence-corrected chi connectivity index (χ2v) is 2.82. The van der Waals surface area contributed by atoms with Crippen molar-refractivity contribution < 1.29 is 40.9 Å². The van der Waals surface area contributed by atoms with Crippen LogP contribution in [0.25, 0.3) is 0 Å². The molecule has 0 aliphatic heterocycles. The van der Waals surface area contributed by atoms with Gasteiger partial charge in [-0.1, -0.05) is 6.07 Å². The van der Waals surface area contributed by atoms with Gasteiger partial charge in [0, 0.05) is 39.4 Å². The van der Waals surface area contributed by atoms with E-state index in [-0.39, 0.29) is 21.1 Å². The molecule has 0 atom stereocenters. The molecular weight excluding hydrogens is 407 g/mol. The van der Waals surface area contributed by atoms with Gasteiger partial charge in [0.05, 0.1) is 0 Å². The quantitative estimate of drug-likeness (QED) is 0.596. The molecular formula is C10H14N2O4Pt. The summed E-state index contributed by atoms with van der Waals surface area (Å²) < 4.78 is 0. The maximum Gasteiger partial charge on any atom is 0.314 e. The van der Waals surface area contributed by atoms with Crippen LogP contribution in [-0.2, 0) is 37.1 Å². The number of hydrogen-bond donors (Lipinski definition) is 3. The molecule has 0 radical (unpaired) electrons. The van der Waals surface area contributed by atoms with Crippen LogP contribution in [0.1, 0.15) is 12.1 Å². The Morgan fingerprint density at radius 2 is 1.82 bits per heavy atom. The van der Waals surface area contributed by atoms with Crippen molar-refractivity contribution >= 4 is 11.9 Å². The maximum absolute atomic E-state index is 9.43. The fourth-order valence-corrected chi connectivity index (χ4v) is 0.823. The van der Waals surface area contributed by atoms with Crippen LogP contribution in [0.3, 0.4) is 0 Å². The molecule has 0 aromatic carbocycles. The summed E-state index contributed by atoms with van der Waals surface area (Å²) in [6.07, 6.45) is 1.85. The van der Waals surface area contributed by atoms with E-state index in [1.807, 2.05) is 18.2 Å². The number of aliphatic carboxylic acids is 2. The molecule has 0 bridgehead atoms. The Hall–Kier alpha value is -1.26. The van der Waals surface area contributed by atoms with Crippen LogP contribution >= 0.6 is 0 Å². The van der Waals surface area contributed by atoms with Gasteiger partial charge in [-0.2, -0.15) is 0 Å². The molecule has 1 rings (SSSR count). The molecule has 7 heteroatoms. The predicted molar refractivity (Wildman–Crippen MR) is 56.9 cm³/mol. The average Bonchev–Trinajstić information content (AvgIpc) is 2.18. The summed E-state index contributed by atoms with van der Waals surface area (Å²) in [6.45, 7) is 0.678. The van der Waals surface area contributed by atoms with Gasteiger partial charge in [0.25, 0.3) is 0 Å². The SMILES string of the molecule is NCCc1ccccn1.O=C(O)CC(=O)O.[Pt]. The van der Waals surface area contributed by atoms with E-state index >= 15 is 0 Å². The number of rotatable bonds is 4. The number of pyridine rings is 1. The first kappa shape index (κ1) is 18.1. The normalized spacial score (nSPS) is 8.29. The van der Waals surface area contributed by atoms with Crippen molar-refractivity contribution in [2.24, 2.45) is 5.73 Å². The van der Waals surface area contributed by atoms with Crippen molar-refractivity contribution in [2.75, 3.05) is 6.54 Å². The molecule has 1 heterocycles. The smallest absolute Gasteiger partial charge is 0.314 e. The molecule has 0 aliphatic carbocycles. The molecule has 0 spiro atoms. The average molecular weight is 421 g/mol. The molecule has 6 nitrogen and oxygen atoms in total. The number of aromatic nitrogens is 1. The summed E-state index contributed by atoms with van der Waals surface area (Å²) in [6, 6.07) is 5.85. The Bertz CT molecular complexity index is 320. The largest absolute Gasteiger partial charge is 0.481 e. The molecule has 1 aromatic heterocycles. The number of nitrogens with two attached hydrogens (primary N) is 1. The first-order valence-corrected chi connectivity index (χ1v) is 4.59. The van der Waals surface area contributed by atoms with E-state index in [9.17, 15) is 9.59 Å². The second-order valence-electron chi connectivity index (χ2n) is 2.82. The summed E-state index contributed by atoms with van der Waals surface area (Å²) in [4.78, 5) is 22.9.